The van der Waals surface area contributed by atoms with Crippen LogP contribution in [0.5, 0.6) is 0 Å². The van der Waals surface area contributed by atoms with Crippen LogP contribution in [-0.2, 0) is 16.6 Å². The Morgan fingerprint density at radius 1 is 1.07 bits per heavy atom. The fraction of sp³-hybridized carbons (Fsp3) is 0.389. The summed E-state index contributed by atoms with van der Waals surface area (Å²) >= 11 is 0. The minimum Gasteiger partial charge on any atom is -0.361 e. The predicted octanol–water partition coefficient (Wildman–Crippen LogP) is 0.682. The third kappa shape index (κ3) is 3.13. The van der Waals surface area contributed by atoms with Crippen molar-refractivity contribution in [2.45, 2.75) is 25.3 Å². The van der Waals surface area contributed by atoms with Gasteiger partial charge in [-0.3, -0.25) is 19.8 Å². The number of nitrogens with zero attached hydrogens (tertiary/aromatic N) is 3. The van der Waals surface area contributed by atoms with Crippen LogP contribution in [0.4, 0.5) is 0 Å². The number of benzene rings is 1. The van der Waals surface area contributed by atoms with Crippen molar-refractivity contribution in [1.29, 1.82) is 0 Å². The average Bonchev–Trinajstić information content (AvgIpc) is 3.15. The van der Waals surface area contributed by atoms with Crippen molar-refractivity contribution in [3.8, 4) is 0 Å². The van der Waals surface area contributed by atoms with E-state index in [1.807, 2.05) is 13.8 Å². The first-order valence-electron chi connectivity index (χ1n) is 8.91. The summed E-state index contributed by atoms with van der Waals surface area (Å²) in [5.74, 6) is -0.295. The van der Waals surface area contributed by atoms with Crippen molar-refractivity contribution in [3.63, 3.8) is 0 Å². The van der Waals surface area contributed by atoms with E-state index in [0.29, 0.717) is 32.7 Å². The average molecular weight is 404 g/mol. The molecule has 0 unspecified atom stereocenters. The molecule has 148 valence electrons. The minimum absolute atomic E-state index is 0.0234. The Labute approximate surface area is 162 Å². The summed E-state index contributed by atoms with van der Waals surface area (Å²) in [4.78, 5) is 25.6. The zero-order chi connectivity index (χ0) is 20.1. The second-order valence-corrected chi connectivity index (χ2v) is 8.91. The lowest BCUT2D eigenvalue weighted by Gasteiger charge is -2.33. The molecule has 1 saturated heterocycles. The van der Waals surface area contributed by atoms with Gasteiger partial charge in [-0.2, -0.15) is 4.31 Å². The van der Waals surface area contributed by atoms with Gasteiger partial charge < -0.3 is 4.52 Å². The van der Waals surface area contributed by atoms with Crippen LogP contribution in [0.25, 0.3) is 0 Å². The molecule has 1 aromatic carbocycles. The third-order valence-electron chi connectivity index (χ3n) is 5.24. The maximum absolute atomic E-state index is 13.0. The maximum Gasteiger partial charge on any atom is 0.258 e. The number of piperazine rings is 1. The maximum atomic E-state index is 13.0. The van der Waals surface area contributed by atoms with Crippen LogP contribution >= 0.6 is 0 Å². The van der Waals surface area contributed by atoms with Crippen LogP contribution in [0.3, 0.4) is 0 Å². The highest BCUT2D eigenvalue weighted by atomic mass is 32.2. The van der Waals surface area contributed by atoms with Gasteiger partial charge in [0.05, 0.1) is 21.7 Å². The van der Waals surface area contributed by atoms with Crippen molar-refractivity contribution in [3.05, 3.63) is 46.3 Å². The number of aromatic nitrogens is 1. The van der Waals surface area contributed by atoms with Crippen LogP contribution in [0, 0.1) is 13.8 Å². The Morgan fingerprint density at radius 2 is 1.75 bits per heavy atom. The van der Waals surface area contributed by atoms with Gasteiger partial charge in [0.25, 0.3) is 11.8 Å². The molecule has 1 fully saturated rings. The molecular formula is C18H20N4O5S. The van der Waals surface area contributed by atoms with Crippen molar-refractivity contribution >= 4 is 21.8 Å². The predicted molar refractivity (Wildman–Crippen MR) is 98.3 cm³/mol. The number of hydrogen-bond donors (Lipinski definition) is 1. The number of amides is 2. The van der Waals surface area contributed by atoms with Gasteiger partial charge >= 0.3 is 0 Å². The van der Waals surface area contributed by atoms with Crippen molar-refractivity contribution < 1.29 is 22.5 Å². The van der Waals surface area contributed by atoms with Crippen LogP contribution in [0.1, 0.15) is 37.7 Å². The first kappa shape index (κ1) is 18.8. The summed E-state index contributed by atoms with van der Waals surface area (Å²) in [5, 5.41) is 6.12. The molecule has 0 spiro atoms. The molecule has 2 aliphatic rings. The third-order valence-corrected chi connectivity index (χ3v) is 7.13. The normalized spacial score (nSPS) is 18.4. The summed E-state index contributed by atoms with van der Waals surface area (Å²) < 4.78 is 32.5. The van der Waals surface area contributed by atoms with Gasteiger partial charge in [0, 0.05) is 38.3 Å². The van der Waals surface area contributed by atoms with Gasteiger partial charge in [-0.25, -0.2) is 8.42 Å². The van der Waals surface area contributed by atoms with E-state index in [1.54, 1.807) is 0 Å². The van der Waals surface area contributed by atoms with Crippen molar-refractivity contribution in [1.82, 2.24) is 19.7 Å². The molecule has 0 bridgehead atoms. The Kier molecular flexibility index (Phi) is 4.56. The topological polar surface area (TPSA) is 113 Å². The van der Waals surface area contributed by atoms with E-state index >= 15 is 0 Å². The molecule has 0 atom stereocenters. The van der Waals surface area contributed by atoms with Crippen LogP contribution in [0.2, 0.25) is 0 Å². The van der Waals surface area contributed by atoms with Crippen molar-refractivity contribution in [2.24, 2.45) is 0 Å². The van der Waals surface area contributed by atoms with Gasteiger partial charge in [-0.1, -0.05) is 5.16 Å². The summed E-state index contributed by atoms with van der Waals surface area (Å²) in [6.07, 6.45) is 0. The van der Waals surface area contributed by atoms with E-state index in [-0.39, 0.29) is 16.0 Å². The molecule has 2 amide bonds. The summed E-state index contributed by atoms with van der Waals surface area (Å²) in [6, 6.07) is 4.04. The van der Waals surface area contributed by atoms with Gasteiger partial charge in [-0.15, -0.1) is 0 Å². The van der Waals surface area contributed by atoms with E-state index < -0.39 is 21.8 Å². The number of sulfonamides is 1. The molecule has 1 aromatic heterocycles. The Hall–Kier alpha value is -2.56. The lowest BCUT2D eigenvalue weighted by molar-refractivity contribution is 0.0879. The first-order valence-corrected chi connectivity index (χ1v) is 10.4. The highest BCUT2D eigenvalue weighted by Crippen LogP contribution is 2.24. The Balaban J connectivity index is 1.48. The second kappa shape index (κ2) is 6.80. The zero-order valence-corrected chi connectivity index (χ0v) is 16.4. The number of hydrogen-bond acceptors (Lipinski definition) is 7. The second-order valence-electron chi connectivity index (χ2n) is 6.97. The van der Waals surface area contributed by atoms with E-state index in [9.17, 15) is 18.0 Å². The molecule has 2 aliphatic heterocycles. The Bertz CT molecular complexity index is 1050. The molecule has 2 aromatic rings. The monoisotopic (exact) mass is 404 g/mol. The molecule has 3 heterocycles. The molecule has 0 saturated carbocycles. The summed E-state index contributed by atoms with van der Waals surface area (Å²) in [5.41, 5.74) is 2.18. The Morgan fingerprint density at radius 3 is 2.39 bits per heavy atom. The molecular weight excluding hydrogens is 384 g/mol. The fourth-order valence-electron chi connectivity index (χ4n) is 3.54. The minimum atomic E-state index is -3.74. The van der Waals surface area contributed by atoms with Gasteiger partial charge in [0.1, 0.15) is 5.76 Å². The van der Waals surface area contributed by atoms with E-state index in [0.717, 1.165) is 17.0 Å². The number of carbonyl (C=O) groups is 2. The summed E-state index contributed by atoms with van der Waals surface area (Å²) in [6.45, 7) is 6.25. The number of fused-ring (bicyclic) bond motifs is 1. The van der Waals surface area contributed by atoms with Crippen LogP contribution in [0.15, 0.2) is 27.6 Å². The number of imide groups is 1. The van der Waals surface area contributed by atoms with E-state index in [4.69, 9.17) is 4.52 Å². The van der Waals surface area contributed by atoms with E-state index in [2.05, 4.69) is 15.4 Å². The molecule has 28 heavy (non-hydrogen) atoms. The lowest BCUT2D eigenvalue weighted by atomic mass is 10.1. The molecule has 1 N–H and O–H groups in total. The number of nitrogens with one attached hydrogen (secondary N) is 1. The van der Waals surface area contributed by atoms with Gasteiger partial charge in [0.15, 0.2) is 0 Å². The zero-order valence-electron chi connectivity index (χ0n) is 15.6. The molecule has 0 radical (unpaired) electrons. The summed E-state index contributed by atoms with van der Waals surface area (Å²) in [7, 11) is -3.74. The van der Waals surface area contributed by atoms with Gasteiger partial charge in [-0.05, 0) is 32.0 Å². The van der Waals surface area contributed by atoms with E-state index in [1.165, 1.54) is 22.5 Å². The van der Waals surface area contributed by atoms with Crippen LogP contribution < -0.4 is 5.32 Å². The van der Waals surface area contributed by atoms with Crippen LogP contribution in [-0.4, -0.2) is 60.8 Å². The number of rotatable bonds is 4. The SMILES string of the molecule is Cc1noc(C)c1CN1CCN(S(=O)(=O)c2ccc3c(c2)C(=O)NC3=O)CC1. The highest BCUT2D eigenvalue weighted by Gasteiger charge is 2.32. The molecule has 0 aliphatic carbocycles. The largest absolute Gasteiger partial charge is 0.361 e. The number of carbonyl (C=O) groups excluding carboxylic acids is 2. The molecule has 9 nitrogen and oxygen atoms in total. The fourth-order valence-corrected chi connectivity index (χ4v) is 4.98. The van der Waals surface area contributed by atoms with Crippen molar-refractivity contribution in [2.75, 3.05) is 26.2 Å². The number of aryl methyl sites for hydroxylation is 2. The highest BCUT2D eigenvalue weighted by molar-refractivity contribution is 7.89. The quantitative estimate of drug-likeness (QED) is 0.746. The molecule has 10 heteroatoms. The first-order chi connectivity index (χ1) is 13.3. The lowest BCUT2D eigenvalue weighted by Crippen LogP contribution is -2.48. The standard InChI is InChI=1S/C18H20N4O5S/c1-11-16(12(2)27-20-11)10-21-5-7-22(8-6-21)28(25,26)13-3-4-14-15(9-13)18(24)19-17(14)23/h3-4,9H,5-8,10H2,1-2H3,(H,19,23,24). The molecule has 4 rings (SSSR count). The van der Waals surface area contributed by atoms with Gasteiger partial charge in [0.2, 0.25) is 10.0 Å². The smallest absolute Gasteiger partial charge is 0.258 e.